The number of halogens is 2. The third-order valence-corrected chi connectivity index (χ3v) is 6.57. The lowest BCUT2D eigenvalue weighted by atomic mass is 9.77. The van der Waals surface area contributed by atoms with E-state index in [2.05, 4.69) is 17.1 Å². The fourth-order valence-electron chi connectivity index (χ4n) is 3.99. The first-order valence-electron chi connectivity index (χ1n) is 10.0. The molecule has 1 heterocycles. The molecule has 0 radical (unpaired) electrons. The van der Waals surface area contributed by atoms with Crippen LogP contribution in [0, 0.1) is 11.7 Å². The van der Waals surface area contributed by atoms with E-state index in [1.54, 1.807) is 0 Å². The van der Waals surface area contributed by atoms with Crippen LogP contribution in [0.2, 0.25) is 5.02 Å². The molecule has 7 heteroatoms. The number of nitrogens with zero attached hydrogens (tertiary/aromatic N) is 2. The number of carbonyl (C=O) groups excluding carboxylic acids is 2. The Kier molecular flexibility index (Phi) is 6.61. The highest BCUT2D eigenvalue weighted by Gasteiger charge is 2.38. The van der Waals surface area contributed by atoms with Gasteiger partial charge in [0.1, 0.15) is 5.82 Å². The highest BCUT2D eigenvalue weighted by Crippen LogP contribution is 2.36. The summed E-state index contributed by atoms with van der Waals surface area (Å²) in [4.78, 5) is 28.9. The first kappa shape index (κ1) is 21.1. The Hall–Kier alpha value is -1.66. The topological polar surface area (TPSA) is 52.7 Å². The molecule has 2 aliphatic rings. The van der Waals surface area contributed by atoms with Crippen LogP contribution in [0.5, 0.6) is 0 Å². The number of likely N-dealkylation sites (N-methyl/N-ethyl adjacent to an activating group) is 1. The Balaban J connectivity index is 1.40. The molecule has 1 aromatic rings. The third-order valence-electron chi connectivity index (χ3n) is 6.36. The number of hydrogen-bond acceptors (Lipinski definition) is 3. The van der Waals surface area contributed by atoms with Crippen LogP contribution < -0.4 is 5.32 Å². The van der Waals surface area contributed by atoms with Crippen LogP contribution in [0.3, 0.4) is 0 Å². The number of amides is 2. The molecule has 2 fully saturated rings. The average Bonchev–Trinajstić information content (AvgIpc) is 2.63. The number of likely N-dealkylation sites (tertiary alicyclic amines) is 1. The molecule has 1 saturated carbocycles. The maximum Gasteiger partial charge on any atom is 0.251 e. The second-order valence-electron chi connectivity index (χ2n) is 8.39. The zero-order valence-electron chi connectivity index (χ0n) is 16.6. The van der Waals surface area contributed by atoms with E-state index < -0.39 is 5.82 Å². The SMILES string of the molecule is CN(C(=O)CN1CCC(CNC(=O)c2cc(F)cc(Cl)c2)CC1)C1(C)CCC1. The first-order chi connectivity index (χ1) is 13.3. The molecule has 2 amide bonds. The maximum absolute atomic E-state index is 13.4. The lowest BCUT2D eigenvalue weighted by Gasteiger charge is -2.46. The van der Waals surface area contributed by atoms with Crippen molar-refractivity contribution in [1.82, 2.24) is 15.1 Å². The van der Waals surface area contributed by atoms with Crippen LogP contribution in [0.15, 0.2) is 18.2 Å². The second kappa shape index (κ2) is 8.78. The van der Waals surface area contributed by atoms with Gasteiger partial charge in [0.15, 0.2) is 0 Å². The van der Waals surface area contributed by atoms with Gasteiger partial charge in [-0.05, 0) is 76.2 Å². The molecule has 28 heavy (non-hydrogen) atoms. The summed E-state index contributed by atoms with van der Waals surface area (Å²) in [5.74, 6) is -0.274. The Morgan fingerprint density at radius 1 is 1.29 bits per heavy atom. The lowest BCUT2D eigenvalue weighted by molar-refractivity contribution is -0.139. The molecule has 1 saturated heterocycles. The van der Waals surface area contributed by atoms with Gasteiger partial charge in [0.25, 0.3) is 5.91 Å². The van der Waals surface area contributed by atoms with Crippen molar-refractivity contribution in [2.24, 2.45) is 5.92 Å². The van der Waals surface area contributed by atoms with Crippen LogP contribution in [0.25, 0.3) is 0 Å². The van der Waals surface area contributed by atoms with Gasteiger partial charge < -0.3 is 10.2 Å². The van der Waals surface area contributed by atoms with E-state index in [0.717, 1.165) is 38.8 Å². The van der Waals surface area contributed by atoms with Crippen molar-refractivity contribution < 1.29 is 14.0 Å². The normalized spacial score (nSPS) is 19.7. The van der Waals surface area contributed by atoms with Crippen molar-refractivity contribution in [2.75, 3.05) is 33.2 Å². The molecular formula is C21H29ClFN3O2. The van der Waals surface area contributed by atoms with E-state index >= 15 is 0 Å². The van der Waals surface area contributed by atoms with Gasteiger partial charge >= 0.3 is 0 Å². The van der Waals surface area contributed by atoms with Crippen molar-refractivity contribution in [3.8, 4) is 0 Å². The highest BCUT2D eigenvalue weighted by molar-refractivity contribution is 6.31. The van der Waals surface area contributed by atoms with Gasteiger partial charge in [-0.15, -0.1) is 0 Å². The Morgan fingerprint density at radius 3 is 2.54 bits per heavy atom. The number of carbonyl (C=O) groups is 2. The van der Waals surface area contributed by atoms with E-state index in [-0.39, 0.29) is 27.9 Å². The molecule has 1 aliphatic carbocycles. The summed E-state index contributed by atoms with van der Waals surface area (Å²) < 4.78 is 13.4. The van der Waals surface area contributed by atoms with Gasteiger partial charge in [-0.2, -0.15) is 0 Å². The monoisotopic (exact) mass is 409 g/mol. The third kappa shape index (κ3) is 5.03. The number of piperidine rings is 1. The number of benzene rings is 1. The Morgan fingerprint density at radius 2 is 1.96 bits per heavy atom. The molecule has 1 aromatic carbocycles. The summed E-state index contributed by atoms with van der Waals surface area (Å²) in [7, 11) is 1.92. The van der Waals surface area contributed by atoms with Crippen molar-refractivity contribution in [3.05, 3.63) is 34.6 Å². The van der Waals surface area contributed by atoms with Gasteiger partial charge in [-0.3, -0.25) is 14.5 Å². The summed E-state index contributed by atoms with van der Waals surface area (Å²) in [5, 5.41) is 3.09. The minimum Gasteiger partial charge on any atom is -0.352 e. The van der Waals surface area contributed by atoms with Crippen LogP contribution >= 0.6 is 11.6 Å². The number of nitrogens with one attached hydrogen (secondary N) is 1. The van der Waals surface area contributed by atoms with E-state index in [4.69, 9.17) is 11.6 Å². The van der Waals surface area contributed by atoms with E-state index in [9.17, 15) is 14.0 Å². The van der Waals surface area contributed by atoms with E-state index in [1.807, 2.05) is 11.9 Å². The van der Waals surface area contributed by atoms with Gasteiger partial charge in [-0.25, -0.2) is 4.39 Å². The minimum atomic E-state index is -0.517. The smallest absolute Gasteiger partial charge is 0.251 e. The summed E-state index contributed by atoms with van der Waals surface area (Å²) in [6.07, 6.45) is 5.24. The lowest BCUT2D eigenvalue weighted by Crippen LogP contribution is -2.55. The van der Waals surface area contributed by atoms with Gasteiger partial charge in [-0.1, -0.05) is 11.6 Å². The number of hydrogen-bond donors (Lipinski definition) is 1. The molecule has 0 aromatic heterocycles. The fourth-order valence-corrected chi connectivity index (χ4v) is 4.22. The summed E-state index contributed by atoms with van der Waals surface area (Å²) in [6, 6.07) is 3.83. The highest BCUT2D eigenvalue weighted by atomic mass is 35.5. The van der Waals surface area contributed by atoms with Crippen LogP contribution in [-0.2, 0) is 4.79 Å². The van der Waals surface area contributed by atoms with Gasteiger partial charge in [0.05, 0.1) is 6.54 Å². The predicted molar refractivity (Wildman–Crippen MR) is 108 cm³/mol. The maximum atomic E-state index is 13.4. The molecule has 0 bridgehead atoms. The molecule has 0 atom stereocenters. The van der Waals surface area contributed by atoms with Crippen molar-refractivity contribution in [2.45, 2.75) is 44.6 Å². The van der Waals surface area contributed by atoms with E-state index in [0.29, 0.717) is 19.0 Å². The summed E-state index contributed by atoms with van der Waals surface area (Å²) >= 11 is 5.81. The zero-order valence-corrected chi connectivity index (χ0v) is 17.4. The van der Waals surface area contributed by atoms with Crippen LogP contribution in [0.4, 0.5) is 4.39 Å². The average molecular weight is 410 g/mol. The molecule has 0 unspecified atom stereocenters. The van der Waals surface area contributed by atoms with Crippen LogP contribution in [0.1, 0.15) is 49.4 Å². The molecule has 0 spiro atoms. The molecule has 1 aliphatic heterocycles. The molecule has 5 nitrogen and oxygen atoms in total. The zero-order chi connectivity index (χ0) is 20.3. The quantitative estimate of drug-likeness (QED) is 0.784. The second-order valence-corrected chi connectivity index (χ2v) is 8.83. The molecule has 154 valence electrons. The van der Waals surface area contributed by atoms with Crippen molar-refractivity contribution >= 4 is 23.4 Å². The fraction of sp³-hybridized carbons (Fsp3) is 0.619. The number of rotatable bonds is 6. The first-order valence-corrected chi connectivity index (χ1v) is 10.4. The predicted octanol–water partition coefficient (Wildman–Crippen LogP) is 3.32. The van der Waals surface area contributed by atoms with Gasteiger partial charge in [0.2, 0.25) is 5.91 Å². The van der Waals surface area contributed by atoms with Crippen molar-refractivity contribution in [1.29, 1.82) is 0 Å². The molecule has 1 N–H and O–H groups in total. The van der Waals surface area contributed by atoms with Gasteiger partial charge in [0, 0.05) is 29.7 Å². The Labute approximate surface area is 171 Å². The largest absolute Gasteiger partial charge is 0.352 e. The molecular weight excluding hydrogens is 381 g/mol. The molecule has 3 rings (SSSR count). The Bertz CT molecular complexity index is 710. The summed E-state index contributed by atoms with van der Waals surface area (Å²) in [6.45, 7) is 4.88. The summed E-state index contributed by atoms with van der Waals surface area (Å²) in [5.41, 5.74) is 0.278. The minimum absolute atomic E-state index is 0.0412. The standard InChI is InChI=1S/C21H29ClFN3O2/c1-21(6-3-7-21)25(2)19(27)14-26-8-4-15(5-9-26)13-24-20(28)16-10-17(22)12-18(23)11-16/h10-12,15H,3-9,13-14H2,1-2H3,(H,24,28). The van der Waals surface area contributed by atoms with E-state index in [1.165, 1.54) is 24.6 Å². The van der Waals surface area contributed by atoms with Crippen molar-refractivity contribution in [3.63, 3.8) is 0 Å². The van der Waals surface area contributed by atoms with Crippen LogP contribution in [-0.4, -0.2) is 60.4 Å².